The summed E-state index contributed by atoms with van der Waals surface area (Å²) in [5, 5.41) is 3.72. The van der Waals surface area contributed by atoms with E-state index in [2.05, 4.69) is 35.8 Å². The molecule has 2 fully saturated rings. The van der Waals surface area contributed by atoms with Gasteiger partial charge in [-0.3, -0.25) is 4.90 Å². The molecule has 0 aromatic heterocycles. The summed E-state index contributed by atoms with van der Waals surface area (Å²) in [5.74, 6) is 2.70. The molecule has 0 spiro atoms. The van der Waals surface area contributed by atoms with Gasteiger partial charge in [0, 0.05) is 19.1 Å². The van der Waals surface area contributed by atoms with Crippen LogP contribution in [-0.4, -0.2) is 60.8 Å². The molecule has 112 valence electrons. The van der Waals surface area contributed by atoms with Crippen LogP contribution in [-0.2, 0) is 4.74 Å². The Morgan fingerprint density at radius 3 is 2.47 bits per heavy atom. The van der Waals surface area contributed by atoms with Gasteiger partial charge in [-0.15, -0.1) is 0 Å². The topological polar surface area (TPSA) is 24.5 Å². The van der Waals surface area contributed by atoms with Gasteiger partial charge in [0.2, 0.25) is 0 Å². The molecule has 0 saturated carbocycles. The van der Waals surface area contributed by atoms with E-state index in [4.69, 9.17) is 4.74 Å². The molecule has 2 unspecified atom stereocenters. The van der Waals surface area contributed by atoms with Gasteiger partial charge in [-0.05, 0) is 64.1 Å². The van der Waals surface area contributed by atoms with Crippen molar-refractivity contribution in [1.82, 2.24) is 10.2 Å². The number of unbranched alkanes of at least 4 members (excludes halogenated alkanes) is 1. The highest BCUT2D eigenvalue weighted by Crippen LogP contribution is 2.17. The SMILES string of the molecule is CC1CN(CCCCNC2CCSCC2)CC(C)O1. The maximum atomic E-state index is 5.77. The molecule has 2 saturated heterocycles. The summed E-state index contributed by atoms with van der Waals surface area (Å²) in [6.07, 6.45) is 6.16. The second-order valence-corrected chi connectivity index (χ2v) is 7.29. The van der Waals surface area contributed by atoms with E-state index in [0.717, 1.165) is 19.1 Å². The average Bonchev–Trinajstić information content (AvgIpc) is 2.38. The Balaban J connectivity index is 1.49. The minimum atomic E-state index is 0.404. The quantitative estimate of drug-likeness (QED) is 0.758. The van der Waals surface area contributed by atoms with Crippen molar-refractivity contribution in [3.63, 3.8) is 0 Å². The monoisotopic (exact) mass is 286 g/mol. The molecule has 0 aromatic rings. The fourth-order valence-electron chi connectivity index (χ4n) is 3.14. The van der Waals surface area contributed by atoms with Crippen molar-refractivity contribution in [2.24, 2.45) is 0 Å². The van der Waals surface area contributed by atoms with E-state index in [1.54, 1.807) is 0 Å². The van der Waals surface area contributed by atoms with Crippen LogP contribution in [0.3, 0.4) is 0 Å². The van der Waals surface area contributed by atoms with Crippen molar-refractivity contribution in [3.8, 4) is 0 Å². The van der Waals surface area contributed by atoms with E-state index in [0.29, 0.717) is 12.2 Å². The van der Waals surface area contributed by atoms with Gasteiger partial charge in [-0.2, -0.15) is 11.8 Å². The van der Waals surface area contributed by atoms with Crippen molar-refractivity contribution in [1.29, 1.82) is 0 Å². The molecule has 19 heavy (non-hydrogen) atoms. The predicted octanol–water partition coefficient (Wildman–Crippen LogP) is 2.36. The predicted molar refractivity (Wildman–Crippen MR) is 84.0 cm³/mol. The summed E-state index contributed by atoms with van der Waals surface area (Å²) < 4.78 is 5.77. The van der Waals surface area contributed by atoms with Gasteiger partial charge in [0.1, 0.15) is 0 Å². The Hall–Kier alpha value is 0.230. The standard InChI is InChI=1S/C15H30N2OS/c1-13-11-17(12-14(2)18-13)8-4-3-7-16-15-5-9-19-10-6-15/h13-16H,3-12H2,1-2H3. The van der Waals surface area contributed by atoms with Crippen molar-refractivity contribution < 1.29 is 4.74 Å². The molecule has 1 N–H and O–H groups in total. The van der Waals surface area contributed by atoms with Crippen LogP contribution in [0.2, 0.25) is 0 Å². The van der Waals surface area contributed by atoms with E-state index < -0.39 is 0 Å². The molecule has 0 aromatic carbocycles. The zero-order valence-corrected chi connectivity index (χ0v) is 13.4. The van der Waals surface area contributed by atoms with Crippen LogP contribution < -0.4 is 5.32 Å². The molecular weight excluding hydrogens is 256 g/mol. The molecule has 2 rings (SSSR count). The van der Waals surface area contributed by atoms with Crippen LogP contribution in [0.25, 0.3) is 0 Å². The number of morpholine rings is 1. The van der Waals surface area contributed by atoms with E-state index in [-0.39, 0.29) is 0 Å². The molecule has 4 heteroatoms. The van der Waals surface area contributed by atoms with Crippen LogP contribution in [0, 0.1) is 0 Å². The van der Waals surface area contributed by atoms with Gasteiger partial charge < -0.3 is 10.1 Å². The summed E-state index contributed by atoms with van der Waals surface area (Å²) in [7, 11) is 0. The molecule has 2 aliphatic rings. The average molecular weight is 286 g/mol. The zero-order valence-electron chi connectivity index (χ0n) is 12.6. The van der Waals surface area contributed by atoms with Gasteiger partial charge in [0.25, 0.3) is 0 Å². The van der Waals surface area contributed by atoms with Gasteiger partial charge >= 0.3 is 0 Å². The lowest BCUT2D eigenvalue weighted by Gasteiger charge is -2.35. The third-order valence-electron chi connectivity index (χ3n) is 4.05. The highest BCUT2D eigenvalue weighted by molar-refractivity contribution is 7.99. The Morgan fingerprint density at radius 1 is 1.11 bits per heavy atom. The molecular formula is C15H30N2OS. The van der Waals surface area contributed by atoms with E-state index in [1.807, 2.05) is 0 Å². The van der Waals surface area contributed by atoms with E-state index in [1.165, 1.54) is 50.3 Å². The van der Waals surface area contributed by atoms with Gasteiger partial charge in [0.05, 0.1) is 12.2 Å². The Bertz CT molecular complexity index is 236. The smallest absolute Gasteiger partial charge is 0.0678 e. The zero-order chi connectivity index (χ0) is 13.5. The summed E-state index contributed by atoms with van der Waals surface area (Å²) in [4.78, 5) is 2.57. The fourth-order valence-corrected chi connectivity index (χ4v) is 4.24. The highest BCUT2D eigenvalue weighted by Gasteiger charge is 2.21. The molecule has 3 nitrogen and oxygen atoms in total. The highest BCUT2D eigenvalue weighted by atomic mass is 32.2. The number of hydrogen-bond donors (Lipinski definition) is 1. The fraction of sp³-hybridized carbons (Fsp3) is 1.00. The van der Waals surface area contributed by atoms with Crippen molar-refractivity contribution >= 4 is 11.8 Å². The van der Waals surface area contributed by atoms with Crippen molar-refractivity contribution in [3.05, 3.63) is 0 Å². The van der Waals surface area contributed by atoms with Crippen LogP contribution in [0.4, 0.5) is 0 Å². The van der Waals surface area contributed by atoms with Gasteiger partial charge in [-0.1, -0.05) is 0 Å². The van der Waals surface area contributed by atoms with Gasteiger partial charge in [-0.25, -0.2) is 0 Å². The summed E-state index contributed by atoms with van der Waals surface area (Å²) in [6, 6.07) is 0.796. The number of thioether (sulfide) groups is 1. The first-order valence-corrected chi connectivity index (χ1v) is 9.08. The molecule has 0 amide bonds. The number of nitrogens with one attached hydrogen (secondary N) is 1. The molecule has 2 atom stereocenters. The lowest BCUT2D eigenvalue weighted by molar-refractivity contribution is -0.0681. The normalized spacial score (nSPS) is 30.6. The van der Waals surface area contributed by atoms with Crippen molar-refractivity contribution in [2.45, 2.75) is 57.8 Å². The lowest BCUT2D eigenvalue weighted by atomic mass is 10.1. The third kappa shape index (κ3) is 6.03. The molecule has 0 radical (unpaired) electrons. The molecule has 0 aliphatic carbocycles. The second kappa shape index (κ2) is 8.50. The first-order valence-electron chi connectivity index (χ1n) is 7.93. The van der Waals surface area contributed by atoms with Crippen LogP contribution >= 0.6 is 11.8 Å². The van der Waals surface area contributed by atoms with Gasteiger partial charge in [0.15, 0.2) is 0 Å². The molecule has 2 aliphatic heterocycles. The second-order valence-electron chi connectivity index (χ2n) is 6.06. The number of ether oxygens (including phenoxy) is 1. The summed E-state index contributed by atoms with van der Waals surface area (Å²) in [5.41, 5.74) is 0. The maximum Gasteiger partial charge on any atom is 0.0678 e. The lowest BCUT2D eigenvalue weighted by Crippen LogP contribution is -2.45. The van der Waals surface area contributed by atoms with E-state index >= 15 is 0 Å². The summed E-state index contributed by atoms with van der Waals surface area (Å²) in [6.45, 7) is 9.02. The number of hydrogen-bond acceptors (Lipinski definition) is 4. The Labute approximate surface area is 122 Å². The molecule has 0 bridgehead atoms. The Morgan fingerprint density at radius 2 is 1.79 bits per heavy atom. The summed E-state index contributed by atoms with van der Waals surface area (Å²) >= 11 is 2.10. The third-order valence-corrected chi connectivity index (χ3v) is 5.10. The first kappa shape index (κ1) is 15.6. The van der Waals surface area contributed by atoms with Crippen LogP contribution in [0.15, 0.2) is 0 Å². The largest absolute Gasteiger partial charge is 0.373 e. The van der Waals surface area contributed by atoms with Crippen molar-refractivity contribution in [2.75, 3.05) is 37.7 Å². The first-order chi connectivity index (χ1) is 9.24. The van der Waals surface area contributed by atoms with E-state index in [9.17, 15) is 0 Å². The van der Waals surface area contributed by atoms with Crippen LogP contribution in [0.1, 0.15) is 39.5 Å². The van der Waals surface area contributed by atoms with Crippen LogP contribution in [0.5, 0.6) is 0 Å². The maximum absolute atomic E-state index is 5.77. The minimum absolute atomic E-state index is 0.404. The minimum Gasteiger partial charge on any atom is -0.373 e. The molecule has 2 heterocycles. The Kier molecular flexibility index (Phi) is 6.99. The number of rotatable bonds is 6. The number of nitrogens with zero attached hydrogens (tertiary/aromatic N) is 1.